The molecule has 9 nitrogen and oxygen atoms in total. The van der Waals surface area contributed by atoms with E-state index in [-0.39, 0.29) is 17.6 Å². The van der Waals surface area contributed by atoms with Crippen molar-refractivity contribution in [3.63, 3.8) is 0 Å². The molecule has 0 bridgehead atoms. The third kappa shape index (κ3) is 5.17. The van der Waals surface area contributed by atoms with Crippen LogP contribution in [0.5, 0.6) is 0 Å². The first-order valence-corrected chi connectivity index (χ1v) is 14.9. The maximum absolute atomic E-state index is 11.8. The molecule has 0 unspecified atom stereocenters. The van der Waals surface area contributed by atoms with Crippen molar-refractivity contribution in [2.45, 2.75) is 32.9 Å². The van der Waals surface area contributed by atoms with Gasteiger partial charge >= 0.3 is 5.97 Å². The van der Waals surface area contributed by atoms with E-state index in [9.17, 15) is 18.3 Å². The summed E-state index contributed by atoms with van der Waals surface area (Å²) in [5, 5.41) is 13.3. The summed E-state index contributed by atoms with van der Waals surface area (Å²) in [7, 11) is -3.43. The fourth-order valence-electron chi connectivity index (χ4n) is 5.30. The Balaban J connectivity index is 1.63. The van der Waals surface area contributed by atoms with E-state index in [1.807, 2.05) is 56.0 Å². The van der Waals surface area contributed by atoms with Gasteiger partial charge in [-0.05, 0) is 105 Å². The number of aromatic nitrogens is 2. The Morgan fingerprint density at radius 2 is 1.73 bits per heavy atom. The zero-order valence-electron chi connectivity index (χ0n) is 22.4. The highest BCUT2D eigenvalue weighted by Crippen LogP contribution is 2.44. The summed E-state index contributed by atoms with van der Waals surface area (Å²) in [6.07, 6.45) is 2.88. The summed E-state index contributed by atoms with van der Waals surface area (Å²) >= 11 is 5.87. The van der Waals surface area contributed by atoms with E-state index in [0.717, 1.165) is 45.8 Å². The summed E-state index contributed by atoms with van der Waals surface area (Å²) in [4.78, 5) is 18.0. The van der Waals surface area contributed by atoms with Crippen LogP contribution in [0.2, 0.25) is 0 Å². The number of benzene rings is 2. The first kappa shape index (κ1) is 27.4. The molecule has 1 fully saturated rings. The van der Waals surface area contributed by atoms with Gasteiger partial charge in [0.15, 0.2) is 5.11 Å². The molecule has 1 aliphatic rings. The molecule has 3 heterocycles. The number of hydrogen-bond acceptors (Lipinski definition) is 5. The molecular weight excluding hydrogens is 546 g/mol. The zero-order chi connectivity index (χ0) is 28.8. The van der Waals surface area contributed by atoms with Crippen LogP contribution in [0.25, 0.3) is 5.69 Å². The van der Waals surface area contributed by atoms with E-state index in [4.69, 9.17) is 12.2 Å². The normalized spacial score (nSPS) is 17.1. The van der Waals surface area contributed by atoms with Crippen LogP contribution in [0.4, 0.5) is 11.4 Å². The minimum Gasteiger partial charge on any atom is -0.478 e. The number of nitrogens with zero attached hydrogens (tertiary/aromatic N) is 3. The molecule has 3 N–H and O–H groups in total. The van der Waals surface area contributed by atoms with Gasteiger partial charge in [0.25, 0.3) is 0 Å². The molecule has 2 aromatic carbocycles. The Labute approximate surface area is 238 Å². The third-order valence-corrected chi connectivity index (χ3v) is 7.95. The number of thiocarbonyl (C=S) groups is 1. The van der Waals surface area contributed by atoms with Crippen LogP contribution in [-0.2, 0) is 10.0 Å². The number of aromatic carboxylic acids is 1. The fourth-order valence-corrected chi connectivity index (χ4v) is 6.27. The van der Waals surface area contributed by atoms with Crippen molar-refractivity contribution in [3.05, 3.63) is 107 Å². The predicted octanol–water partition coefficient (Wildman–Crippen LogP) is 5.04. The summed E-state index contributed by atoms with van der Waals surface area (Å²) in [5.41, 5.74) is 6.98. The number of hydrogen-bond donors (Lipinski definition) is 3. The minimum atomic E-state index is -3.43. The Morgan fingerprint density at radius 3 is 2.33 bits per heavy atom. The summed E-state index contributed by atoms with van der Waals surface area (Å²) in [5.74, 6) is -0.972. The molecule has 0 radical (unpaired) electrons. The van der Waals surface area contributed by atoms with Crippen LogP contribution >= 0.6 is 12.2 Å². The molecule has 0 aliphatic carbocycles. The van der Waals surface area contributed by atoms with E-state index in [0.29, 0.717) is 10.8 Å². The SMILES string of the molecule is Cc1cc(N2C(=S)N[C@@H](c3ccccn3)[C@H]2c2cc(C)n(-c3ccc(C(=O)O)cc3)c2C)ccc1NS(C)(=O)=O. The molecule has 1 aliphatic heterocycles. The Kier molecular flexibility index (Phi) is 7.11. The molecular formula is C29H29N5O4S2. The summed E-state index contributed by atoms with van der Waals surface area (Å²) in [6, 6.07) is 19.7. The first-order chi connectivity index (χ1) is 18.9. The summed E-state index contributed by atoms with van der Waals surface area (Å²) in [6.45, 7) is 5.90. The number of carbonyl (C=O) groups is 1. The highest BCUT2D eigenvalue weighted by Gasteiger charge is 2.42. The monoisotopic (exact) mass is 575 g/mol. The van der Waals surface area contributed by atoms with Gasteiger partial charge in [0.2, 0.25) is 10.0 Å². The maximum Gasteiger partial charge on any atom is 0.335 e. The van der Waals surface area contributed by atoms with E-state index >= 15 is 0 Å². The van der Waals surface area contributed by atoms with Gasteiger partial charge < -0.3 is 19.9 Å². The van der Waals surface area contributed by atoms with Gasteiger partial charge in [0.05, 0.1) is 35.3 Å². The molecule has 2 aromatic heterocycles. The van der Waals surface area contributed by atoms with Gasteiger partial charge in [-0.2, -0.15) is 0 Å². The number of pyridine rings is 1. The number of carboxylic acids is 1. The number of carboxylic acid groups (broad SMARTS) is 1. The van der Waals surface area contributed by atoms with Crippen LogP contribution < -0.4 is 14.9 Å². The number of rotatable bonds is 7. The van der Waals surface area contributed by atoms with Gasteiger partial charge in [-0.25, -0.2) is 13.2 Å². The fraction of sp³-hybridized carbons (Fsp3) is 0.207. The molecule has 5 rings (SSSR count). The molecule has 2 atom stereocenters. The molecule has 40 heavy (non-hydrogen) atoms. The second-order valence-corrected chi connectivity index (χ2v) is 12.0. The van der Waals surface area contributed by atoms with E-state index in [2.05, 4.69) is 25.7 Å². The Bertz CT molecular complexity index is 1720. The van der Waals surface area contributed by atoms with Crippen molar-refractivity contribution in [2.75, 3.05) is 15.9 Å². The molecule has 1 saturated heterocycles. The number of nitrogens with one attached hydrogen (secondary N) is 2. The molecule has 206 valence electrons. The number of aryl methyl sites for hydroxylation is 2. The highest BCUT2D eigenvalue weighted by molar-refractivity contribution is 7.92. The van der Waals surface area contributed by atoms with E-state index < -0.39 is 16.0 Å². The standard InChI is InChI=1S/C29H29N5O4S2/c1-17-15-22(12-13-24(17)32-40(4,37)38)34-27(26(31-29(34)39)25-7-5-6-14-30-25)23-16-18(2)33(19(23)3)21-10-8-20(9-11-21)28(35)36/h5-16,26-27,32H,1-4H3,(H,31,39)(H,35,36)/t26-,27+/m0/s1. The van der Waals surface area contributed by atoms with Crippen LogP contribution in [0.15, 0.2) is 72.9 Å². The highest BCUT2D eigenvalue weighted by atomic mass is 32.2. The average molecular weight is 576 g/mol. The van der Waals surface area contributed by atoms with Crippen molar-refractivity contribution in [2.24, 2.45) is 0 Å². The van der Waals surface area contributed by atoms with Crippen LogP contribution in [0.1, 0.15) is 50.7 Å². The van der Waals surface area contributed by atoms with E-state index in [1.165, 1.54) is 0 Å². The lowest BCUT2D eigenvalue weighted by Crippen LogP contribution is -2.29. The average Bonchev–Trinajstić information content (AvgIpc) is 3.40. The van der Waals surface area contributed by atoms with Crippen molar-refractivity contribution in [1.82, 2.24) is 14.9 Å². The van der Waals surface area contributed by atoms with Crippen molar-refractivity contribution < 1.29 is 18.3 Å². The lowest BCUT2D eigenvalue weighted by Gasteiger charge is -2.29. The van der Waals surface area contributed by atoms with Gasteiger partial charge in [-0.1, -0.05) is 6.07 Å². The Morgan fingerprint density at radius 1 is 1.02 bits per heavy atom. The first-order valence-electron chi connectivity index (χ1n) is 12.6. The summed E-state index contributed by atoms with van der Waals surface area (Å²) < 4.78 is 28.3. The molecule has 4 aromatic rings. The van der Waals surface area contributed by atoms with Crippen LogP contribution in [0, 0.1) is 20.8 Å². The largest absolute Gasteiger partial charge is 0.478 e. The number of anilines is 2. The minimum absolute atomic E-state index is 0.224. The third-order valence-electron chi connectivity index (χ3n) is 7.04. The van der Waals surface area contributed by atoms with Crippen molar-refractivity contribution >= 4 is 44.7 Å². The zero-order valence-corrected chi connectivity index (χ0v) is 24.0. The lowest BCUT2D eigenvalue weighted by molar-refractivity contribution is 0.0697. The maximum atomic E-state index is 11.8. The van der Waals surface area contributed by atoms with Gasteiger partial charge in [0, 0.05) is 29.0 Å². The lowest BCUT2D eigenvalue weighted by atomic mass is 9.96. The van der Waals surface area contributed by atoms with Crippen molar-refractivity contribution in [1.29, 1.82) is 0 Å². The van der Waals surface area contributed by atoms with Crippen LogP contribution in [0.3, 0.4) is 0 Å². The number of sulfonamides is 1. The smallest absolute Gasteiger partial charge is 0.335 e. The molecule has 0 amide bonds. The van der Waals surface area contributed by atoms with Gasteiger partial charge in [-0.15, -0.1) is 0 Å². The second-order valence-electron chi connectivity index (χ2n) is 9.88. The quantitative estimate of drug-likeness (QED) is 0.262. The predicted molar refractivity (Wildman–Crippen MR) is 160 cm³/mol. The van der Waals surface area contributed by atoms with Crippen LogP contribution in [-0.4, -0.2) is 40.4 Å². The second kappa shape index (κ2) is 10.4. The molecule has 0 spiro atoms. The molecule has 11 heteroatoms. The van der Waals surface area contributed by atoms with E-state index in [1.54, 1.807) is 36.5 Å². The molecule has 0 saturated carbocycles. The van der Waals surface area contributed by atoms with Gasteiger partial charge in [0.1, 0.15) is 0 Å². The van der Waals surface area contributed by atoms with Gasteiger partial charge in [-0.3, -0.25) is 9.71 Å². The van der Waals surface area contributed by atoms with Crippen molar-refractivity contribution in [3.8, 4) is 5.69 Å². The Hall–Kier alpha value is -4.22. The topological polar surface area (TPSA) is 117 Å².